The molecule has 0 unspecified atom stereocenters. The van der Waals surface area contributed by atoms with Crippen molar-refractivity contribution in [2.75, 3.05) is 18.0 Å². The van der Waals surface area contributed by atoms with Gasteiger partial charge in [-0.05, 0) is 12.0 Å². The fourth-order valence-electron chi connectivity index (χ4n) is 2.57. The number of hydrogen-bond acceptors (Lipinski definition) is 5. The van der Waals surface area contributed by atoms with E-state index in [2.05, 4.69) is 26.8 Å². The number of nitrogens with zero attached hydrogens (tertiary/aromatic N) is 3. The minimum absolute atomic E-state index is 0.135. The zero-order valence-corrected chi connectivity index (χ0v) is 14.5. The Hall–Kier alpha value is -1.66. The van der Waals surface area contributed by atoms with Crippen molar-refractivity contribution in [1.29, 1.82) is 0 Å². The summed E-state index contributed by atoms with van der Waals surface area (Å²) in [6.07, 6.45) is 8.36. The lowest BCUT2D eigenvalue weighted by Gasteiger charge is -2.32. The predicted octanol–water partition coefficient (Wildman–Crippen LogP) is 3.80. The number of nitrogens with one attached hydrogen (secondary N) is 1. The van der Waals surface area contributed by atoms with Gasteiger partial charge in [-0.25, -0.2) is 9.97 Å². The van der Waals surface area contributed by atoms with Gasteiger partial charge in [-0.3, -0.25) is 0 Å². The van der Waals surface area contributed by atoms with Crippen LogP contribution in [0.25, 0.3) is 0 Å². The Balaban J connectivity index is 1.59. The maximum Gasteiger partial charge on any atom is 0.225 e. The van der Waals surface area contributed by atoms with Crippen molar-refractivity contribution in [3.63, 3.8) is 0 Å². The third-order valence-electron chi connectivity index (χ3n) is 3.96. The van der Waals surface area contributed by atoms with Crippen molar-refractivity contribution >= 4 is 29.8 Å². The maximum atomic E-state index is 6.14. The molecule has 1 N–H and O–H groups in total. The van der Waals surface area contributed by atoms with E-state index in [1.807, 2.05) is 12.4 Å². The highest BCUT2D eigenvalue weighted by molar-refractivity contribution is 7.71. The molecule has 0 amide bonds. The van der Waals surface area contributed by atoms with E-state index in [4.69, 9.17) is 28.6 Å². The monoisotopic (exact) mass is 350 g/mol. The van der Waals surface area contributed by atoms with Crippen LogP contribution >= 0.6 is 23.8 Å². The number of pyridine rings is 1. The van der Waals surface area contributed by atoms with E-state index in [1.54, 1.807) is 12.3 Å². The molecule has 0 bridgehead atoms. The second kappa shape index (κ2) is 7.27. The van der Waals surface area contributed by atoms with Gasteiger partial charge in [0.25, 0.3) is 0 Å². The molecule has 7 heteroatoms. The number of aromatic amines is 1. The van der Waals surface area contributed by atoms with Crippen molar-refractivity contribution in [3.8, 4) is 5.75 Å². The molecule has 5 nitrogen and oxygen atoms in total. The van der Waals surface area contributed by atoms with Crippen LogP contribution in [0, 0.1) is 4.64 Å². The Morgan fingerprint density at radius 1 is 1.35 bits per heavy atom. The van der Waals surface area contributed by atoms with Gasteiger partial charge in [0, 0.05) is 50.6 Å². The fraction of sp³-hybridized carbons (Fsp3) is 0.438. The summed E-state index contributed by atoms with van der Waals surface area (Å²) in [5.41, 5.74) is 1.15. The highest BCUT2D eigenvalue weighted by Gasteiger charge is 2.22. The Bertz CT molecular complexity index is 711. The van der Waals surface area contributed by atoms with Crippen LogP contribution in [0.5, 0.6) is 5.75 Å². The lowest BCUT2D eigenvalue weighted by Crippen LogP contribution is -2.39. The SMILES string of the molecule is CCc1cnc(N2CCC(Oc3cc(=S)[nH]cc3Cl)CC2)nc1. The lowest BCUT2D eigenvalue weighted by molar-refractivity contribution is 0.170. The number of anilines is 1. The third-order valence-corrected chi connectivity index (χ3v) is 4.49. The molecule has 2 aromatic rings. The van der Waals surface area contributed by atoms with Crippen LogP contribution in [-0.2, 0) is 6.42 Å². The van der Waals surface area contributed by atoms with E-state index in [1.165, 1.54) is 0 Å². The summed E-state index contributed by atoms with van der Waals surface area (Å²) in [5.74, 6) is 1.44. The van der Waals surface area contributed by atoms with Crippen molar-refractivity contribution in [3.05, 3.63) is 39.9 Å². The highest BCUT2D eigenvalue weighted by Crippen LogP contribution is 2.27. The summed E-state index contributed by atoms with van der Waals surface area (Å²) >= 11 is 11.2. The van der Waals surface area contributed by atoms with Gasteiger partial charge in [0.2, 0.25) is 5.95 Å². The quantitative estimate of drug-likeness (QED) is 0.850. The average molecular weight is 351 g/mol. The molecule has 3 rings (SSSR count). The molecule has 1 saturated heterocycles. The Kier molecular flexibility index (Phi) is 5.13. The first-order valence-electron chi connectivity index (χ1n) is 7.76. The van der Waals surface area contributed by atoms with E-state index in [-0.39, 0.29) is 6.10 Å². The van der Waals surface area contributed by atoms with E-state index in [0.29, 0.717) is 15.4 Å². The van der Waals surface area contributed by atoms with Gasteiger partial charge in [-0.1, -0.05) is 30.7 Å². The Morgan fingerprint density at radius 2 is 2.04 bits per heavy atom. The van der Waals surface area contributed by atoms with Crippen molar-refractivity contribution in [2.24, 2.45) is 0 Å². The fourth-order valence-corrected chi connectivity index (χ4v) is 2.89. The molecule has 0 atom stereocenters. The molecule has 1 aliphatic heterocycles. The van der Waals surface area contributed by atoms with Crippen LogP contribution in [0.15, 0.2) is 24.7 Å². The first kappa shape index (κ1) is 16.2. The van der Waals surface area contributed by atoms with Crippen LogP contribution in [0.3, 0.4) is 0 Å². The Labute approximate surface area is 145 Å². The number of ether oxygens (including phenoxy) is 1. The minimum Gasteiger partial charge on any atom is -0.489 e. The van der Waals surface area contributed by atoms with E-state index < -0.39 is 0 Å². The molecule has 0 saturated carbocycles. The molecule has 1 fully saturated rings. The van der Waals surface area contributed by atoms with Crippen LogP contribution in [0.1, 0.15) is 25.3 Å². The molecular formula is C16H19ClN4OS. The summed E-state index contributed by atoms with van der Waals surface area (Å²) in [6.45, 7) is 3.84. The minimum atomic E-state index is 0.135. The number of aromatic nitrogens is 3. The number of rotatable bonds is 4. The predicted molar refractivity (Wildman–Crippen MR) is 93.9 cm³/mol. The molecule has 0 aliphatic carbocycles. The average Bonchev–Trinajstić information content (AvgIpc) is 2.59. The van der Waals surface area contributed by atoms with Gasteiger partial charge in [0.15, 0.2) is 0 Å². The summed E-state index contributed by atoms with van der Waals surface area (Å²) < 4.78 is 6.62. The van der Waals surface area contributed by atoms with Gasteiger partial charge < -0.3 is 14.6 Å². The second-order valence-electron chi connectivity index (χ2n) is 5.56. The summed E-state index contributed by atoms with van der Waals surface area (Å²) in [6, 6.07) is 1.76. The van der Waals surface area contributed by atoms with Crippen LogP contribution < -0.4 is 9.64 Å². The van der Waals surface area contributed by atoms with Gasteiger partial charge >= 0.3 is 0 Å². The molecule has 23 heavy (non-hydrogen) atoms. The van der Waals surface area contributed by atoms with E-state index in [0.717, 1.165) is 43.9 Å². The number of piperidine rings is 1. The van der Waals surface area contributed by atoms with Gasteiger partial charge in [-0.2, -0.15) is 0 Å². The van der Waals surface area contributed by atoms with Gasteiger partial charge in [0.05, 0.1) is 5.02 Å². The third kappa shape index (κ3) is 4.00. The molecular weight excluding hydrogens is 332 g/mol. The molecule has 0 radical (unpaired) electrons. The lowest BCUT2D eigenvalue weighted by atomic mass is 10.1. The number of hydrogen-bond donors (Lipinski definition) is 1. The maximum absolute atomic E-state index is 6.14. The van der Waals surface area contributed by atoms with Crippen molar-refractivity contribution in [1.82, 2.24) is 15.0 Å². The first-order valence-corrected chi connectivity index (χ1v) is 8.55. The van der Waals surface area contributed by atoms with Gasteiger partial charge in [-0.15, -0.1) is 0 Å². The number of H-pyrrole nitrogens is 1. The second-order valence-corrected chi connectivity index (χ2v) is 6.41. The van der Waals surface area contributed by atoms with Crippen molar-refractivity contribution in [2.45, 2.75) is 32.3 Å². The van der Waals surface area contributed by atoms with Crippen LogP contribution in [0.4, 0.5) is 5.95 Å². The van der Waals surface area contributed by atoms with E-state index >= 15 is 0 Å². The number of halogens is 1. The molecule has 1 aliphatic rings. The summed E-state index contributed by atoms with van der Waals surface area (Å²) in [7, 11) is 0. The molecule has 0 spiro atoms. The van der Waals surface area contributed by atoms with Crippen molar-refractivity contribution < 1.29 is 4.74 Å². The van der Waals surface area contributed by atoms with Crippen LogP contribution in [-0.4, -0.2) is 34.1 Å². The number of aryl methyl sites for hydroxylation is 1. The summed E-state index contributed by atoms with van der Waals surface area (Å²) in [4.78, 5) is 14.0. The molecule has 0 aromatic carbocycles. The smallest absolute Gasteiger partial charge is 0.225 e. The zero-order chi connectivity index (χ0) is 16.2. The Morgan fingerprint density at radius 3 is 2.70 bits per heavy atom. The zero-order valence-electron chi connectivity index (χ0n) is 13.0. The van der Waals surface area contributed by atoms with E-state index in [9.17, 15) is 0 Å². The largest absolute Gasteiger partial charge is 0.489 e. The normalized spacial score (nSPS) is 15.7. The topological polar surface area (TPSA) is 54.0 Å². The molecule has 2 aromatic heterocycles. The molecule has 122 valence electrons. The first-order chi connectivity index (χ1) is 11.2. The summed E-state index contributed by atoms with van der Waals surface area (Å²) in [5, 5.41) is 0.555. The van der Waals surface area contributed by atoms with Gasteiger partial charge in [0.1, 0.15) is 16.5 Å². The molecule has 3 heterocycles. The highest BCUT2D eigenvalue weighted by atomic mass is 35.5. The standard InChI is InChI=1S/C16H19ClN4OS/c1-2-11-8-19-16(20-9-11)21-5-3-12(4-6-21)22-14-7-15(23)18-10-13(14)17/h7-10,12H,2-6H2,1H3,(H,18,23). The van der Waals surface area contributed by atoms with Crippen LogP contribution in [0.2, 0.25) is 5.02 Å².